The van der Waals surface area contributed by atoms with E-state index in [2.05, 4.69) is 39.9 Å². The predicted octanol–water partition coefficient (Wildman–Crippen LogP) is 3.19. The van der Waals surface area contributed by atoms with Gasteiger partial charge in [0, 0.05) is 31.3 Å². The highest BCUT2D eigenvalue weighted by Crippen LogP contribution is 2.13. The van der Waals surface area contributed by atoms with Crippen LogP contribution in [0.15, 0.2) is 39.8 Å². The maximum Gasteiger partial charge on any atom is 0.251 e. The van der Waals surface area contributed by atoms with E-state index in [9.17, 15) is 4.79 Å². The number of guanidine groups is 1. The van der Waals surface area contributed by atoms with Crippen molar-refractivity contribution in [2.24, 2.45) is 4.99 Å². The second kappa shape index (κ2) is 10.5. The van der Waals surface area contributed by atoms with Gasteiger partial charge in [0.05, 0.1) is 12.2 Å². The number of aromatic nitrogens is 1. The van der Waals surface area contributed by atoms with E-state index in [-0.39, 0.29) is 11.9 Å². The molecule has 1 unspecified atom stereocenters. The van der Waals surface area contributed by atoms with E-state index in [0.29, 0.717) is 30.5 Å². The fourth-order valence-corrected chi connectivity index (χ4v) is 2.49. The molecule has 152 valence electrons. The van der Waals surface area contributed by atoms with Crippen molar-refractivity contribution in [1.29, 1.82) is 0 Å². The lowest BCUT2D eigenvalue weighted by Gasteiger charge is -2.13. The van der Waals surface area contributed by atoms with Crippen molar-refractivity contribution in [3.63, 3.8) is 0 Å². The third kappa shape index (κ3) is 6.40. The number of rotatable bonds is 8. The zero-order chi connectivity index (χ0) is 20.5. The van der Waals surface area contributed by atoms with Gasteiger partial charge in [0.2, 0.25) is 0 Å². The molecular formula is C21H31N5O2. The summed E-state index contributed by atoms with van der Waals surface area (Å²) >= 11 is 0. The number of benzene rings is 1. The molecule has 0 saturated carbocycles. The van der Waals surface area contributed by atoms with Gasteiger partial charge in [-0.05, 0) is 37.0 Å². The Bertz CT molecular complexity index is 798. The first-order valence-electron chi connectivity index (χ1n) is 9.72. The summed E-state index contributed by atoms with van der Waals surface area (Å²) in [7, 11) is 1.71. The maximum atomic E-state index is 12.3. The Morgan fingerprint density at radius 2 is 1.93 bits per heavy atom. The first kappa shape index (κ1) is 21.5. The number of nitrogens with zero attached hydrogens (tertiary/aromatic N) is 2. The standard InChI is InChI=1S/C21H31N5O2/c1-6-15(4)25-20(27)17-9-7-8-16(10-17)12-23-21(22-5)24-13-18-11-19(14(2)3)26-28-18/h7-11,14-15H,6,12-13H2,1-5H3,(H,25,27)(H2,22,23,24). The highest BCUT2D eigenvalue weighted by molar-refractivity contribution is 5.94. The van der Waals surface area contributed by atoms with Gasteiger partial charge in [-0.2, -0.15) is 0 Å². The molecule has 0 bridgehead atoms. The molecule has 2 rings (SSSR count). The molecule has 7 nitrogen and oxygen atoms in total. The molecule has 0 aliphatic carbocycles. The largest absolute Gasteiger partial charge is 0.359 e. The van der Waals surface area contributed by atoms with E-state index in [1.165, 1.54) is 0 Å². The van der Waals surface area contributed by atoms with Crippen LogP contribution in [-0.2, 0) is 13.1 Å². The van der Waals surface area contributed by atoms with Crippen LogP contribution < -0.4 is 16.0 Å². The van der Waals surface area contributed by atoms with Gasteiger partial charge in [0.1, 0.15) is 0 Å². The monoisotopic (exact) mass is 385 g/mol. The van der Waals surface area contributed by atoms with Crippen molar-refractivity contribution < 1.29 is 9.32 Å². The molecule has 7 heteroatoms. The van der Waals surface area contributed by atoms with Crippen LogP contribution in [0.25, 0.3) is 0 Å². The molecule has 1 aromatic carbocycles. The van der Waals surface area contributed by atoms with Crippen molar-refractivity contribution in [3.8, 4) is 0 Å². The lowest BCUT2D eigenvalue weighted by Crippen LogP contribution is -2.36. The van der Waals surface area contributed by atoms with Gasteiger partial charge in [-0.15, -0.1) is 0 Å². The van der Waals surface area contributed by atoms with Gasteiger partial charge in [-0.3, -0.25) is 9.79 Å². The lowest BCUT2D eigenvalue weighted by molar-refractivity contribution is 0.0939. The minimum absolute atomic E-state index is 0.0509. The molecule has 28 heavy (non-hydrogen) atoms. The minimum Gasteiger partial charge on any atom is -0.359 e. The molecule has 0 saturated heterocycles. The molecule has 1 amide bonds. The first-order valence-corrected chi connectivity index (χ1v) is 9.72. The Morgan fingerprint density at radius 3 is 2.57 bits per heavy atom. The average Bonchev–Trinajstić information content (AvgIpc) is 3.17. The molecule has 2 aromatic rings. The normalized spacial score (nSPS) is 12.7. The molecule has 0 aliphatic rings. The Morgan fingerprint density at radius 1 is 1.18 bits per heavy atom. The summed E-state index contributed by atoms with van der Waals surface area (Å²) in [4.78, 5) is 16.5. The van der Waals surface area contributed by atoms with Gasteiger partial charge in [-0.25, -0.2) is 0 Å². The van der Waals surface area contributed by atoms with Gasteiger partial charge < -0.3 is 20.5 Å². The topological polar surface area (TPSA) is 91.5 Å². The van der Waals surface area contributed by atoms with E-state index in [0.717, 1.165) is 23.4 Å². The van der Waals surface area contributed by atoms with Crippen LogP contribution in [-0.4, -0.2) is 30.1 Å². The van der Waals surface area contributed by atoms with Crippen molar-refractivity contribution in [2.75, 3.05) is 7.05 Å². The second-order valence-corrected chi connectivity index (χ2v) is 7.14. The predicted molar refractivity (Wildman–Crippen MR) is 111 cm³/mol. The van der Waals surface area contributed by atoms with E-state index >= 15 is 0 Å². The van der Waals surface area contributed by atoms with Crippen LogP contribution in [0.4, 0.5) is 0 Å². The third-order valence-corrected chi connectivity index (χ3v) is 4.46. The number of nitrogens with one attached hydrogen (secondary N) is 3. The quantitative estimate of drug-likeness (QED) is 0.479. The summed E-state index contributed by atoms with van der Waals surface area (Å²) in [6.45, 7) is 9.25. The zero-order valence-electron chi connectivity index (χ0n) is 17.4. The van der Waals surface area contributed by atoms with Crippen molar-refractivity contribution in [2.45, 2.75) is 59.2 Å². The molecule has 0 aliphatic heterocycles. The van der Waals surface area contributed by atoms with Crippen molar-refractivity contribution >= 4 is 11.9 Å². The van der Waals surface area contributed by atoms with Gasteiger partial charge in [0.15, 0.2) is 11.7 Å². The molecule has 1 heterocycles. The fourth-order valence-electron chi connectivity index (χ4n) is 2.49. The Labute approximate surface area is 167 Å². The number of carbonyl (C=O) groups excluding carboxylic acids is 1. The Kier molecular flexibility index (Phi) is 8.04. The SMILES string of the molecule is CCC(C)NC(=O)c1cccc(CNC(=NC)NCc2cc(C(C)C)no2)c1. The summed E-state index contributed by atoms with van der Waals surface area (Å²) < 4.78 is 5.33. The molecular weight excluding hydrogens is 354 g/mol. The van der Waals surface area contributed by atoms with Crippen LogP contribution in [0.1, 0.15) is 67.4 Å². The fraction of sp³-hybridized carbons (Fsp3) is 0.476. The number of hydrogen-bond donors (Lipinski definition) is 3. The van der Waals surface area contributed by atoms with Crippen LogP contribution in [0.5, 0.6) is 0 Å². The second-order valence-electron chi connectivity index (χ2n) is 7.14. The smallest absolute Gasteiger partial charge is 0.251 e. The Hall–Kier alpha value is -2.83. The maximum absolute atomic E-state index is 12.3. The zero-order valence-corrected chi connectivity index (χ0v) is 17.4. The van der Waals surface area contributed by atoms with E-state index < -0.39 is 0 Å². The number of aliphatic imine (C=N–C) groups is 1. The highest BCUT2D eigenvalue weighted by atomic mass is 16.5. The van der Waals surface area contributed by atoms with Crippen LogP contribution in [0, 0.1) is 0 Å². The summed E-state index contributed by atoms with van der Waals surface area (Å²) in [5.74, 6) is 1.69. The lowest BCUT2D eigenvalue weighted by atomic mass is 10.1. The molecule has 0 fully saturated rings. The van der Waals surface area contributed by atoms with Crippen LogP contribution >= 0.6 is 0 Å². The van der Waals surface area contributed by atoms with Gasteiger partial charge in [-0.1, -0.05) is 38.1 Å². The molecule has 1 aromatic heterocycles. The Balaban J connectivity index is 1.88. The minimum atomic E-state index is -0.0509. The third-order valence-electron chi connectivity index (χ3n) is 4.46. The molecule has 0 radical (unpaired) electrons. The molecule has 1 atom stereocenters. The summed E-state index contributed by atoms with van der Waals surface area (Å²) in [5, 5.41) is 13.5. The van der Waals surface area contributed by atoms with Gasteiger partial charge in [0.25, 0.3) is 5.91 Å². The highest BCUT2D eigenvalue weighted by Gasteiger charge is 2.10. The average molecular weight is 386 g/mol. The van der Waals surface area contributed by atoms with Gasteiger partial charge >= 0.3 is 0 Å². The number of carbonyl (C=O) groups is 1. The number of hydrogen-bond acceptors (Lipinski definition) is 4. The van der Waals surface area contributed by atoms with Crippen LogP contribution in [0.3, 0.4) is 0 Å². The van der Waals surface area contributed by atoms with Crippen LogP contribution in [0.2, 0.25) is 0 Å². The summed E-state index contributed by atoms with van der Waals surface area (Å²) in [6.07, 6.45) is 0.902. The molecule has 0 spiro atoms. The van der Waals surface area contributed by atoms with E-state index in [4.69, 9.17) is 4.52 Å². The van der Waals surface area contributed by atoms with E-state index in [1.54, 1.807) is 7.05 Å². The summed E-state index contributed by atoms with van der Waals surface area (Å²) in [6, 6.07) is 9.69. The van der Waals surface area contributed by atoms with Crippen molar-refractivity contribution in [1.82, 2.24) is 21.1 Å². The molecule has 3 N–H and O–H groups in total. The number of amides is 1. The van der Waals surface area contributed by atoms with E-state index in [1.807, 2.05) is 44.2 Å². The summed E-state index contributed by atoms with van der Waals surface area (Å²) in [5.41, 5.74) is 2.60. The van der Waals surface area contributed by atoms with Crippen molar-refractivity contribution in [3.05, 3.63) is 52.9 Å². The first-order chi connectivity index (χ1) is 13.4.